The molecule has 0 aliphatic carbocycles. The monoisotopic (exact) mass is 329 g/mol. The van der Waals surface area contributed by atoms with Gasteiger partial charge in [0.25, 0.3) is 0 Å². The van der Waals surface area contributed by atoms with Gasteiger partial charge in [0.15, 0.2) is 0 Å². The van der Waals surface area contributed by atoms with Gasteiger partial charge >= 0.3 is 0 Å². The number of carbonyl (C=O) groups is 1. The predicted molar refractivity (Wildman–Crippen MR) is 93.7 cm³/mol. The fourth-order valence-corrected chi connectivity index (χ4v) is 2.60. The van der Waals surface area contributed by atoms with Gasteiger partial charge in [-0.2, -0.15) is 0 Å². The number of carbonyl (C=O) groups excluding carboxylic acids is 1. The Morgan fingerprint density at radius 1 is 1.04 bits per heavy atom. The number of para-hydroxylation sites is 1. The largest absolute Gasteiger partial charge is 0.496 e. The summed E-state index contributed by atoms with van der Waals surface area (Å²) in [6, 6.07) is 14.4. The van der Waals surface area contributed by atoms with Crippen LogP contribution in [0.25, 0.3) is 0 Å². The fraction of sp³-hybridized carbons (Fsp3) is 0.350. The van der Waals surface area contributed by atoms with Crippen LogP contribution >= 0.6 is 0 Å². The number of ether oxygens (including phenoxy) is 1. The third kappa shape index (κ3) is 6.03. The number of benzene rings is 2. The van der Waals surface area contributed by atoms with Gasteiger partial charge in [0.05, 0.1) is 7.11 Å². The van der Waals surface area contributed by atoms with Gasteiger partial charge in [-0.3, -0.25) is 4.79 Å². The highest BCUT2D eigenvalue weighted by Gasteiger charge is 2.04. The maximum Gasteiger partial charge on any atom is 0.220 e. The molecule has 0 fully saturated rings. The molecule has 1 N–H and O–H groups in total. The van der Waals surface area contributed by atoms with Crippen molar-refractivity contribution < 1.29 is 13.9 Å². The molecule has 2 rings (SSSR count). The van der Waals surface area contributed by atoms with Crippen molar-refractivity contribution in [2.24, 2.45) is 0 Å². The Kier molecular flexibility index (Phi) is 7.27. The molecule has 0 bridgehead atoms. The molecule has 0 aliphatic rings. The molecule has 2 aromatic carbocycles. The van der Waals surface area contributed by atoms with E-state index in [1.165, 1.54) is 12.1 Å². The number of aryl methyl sites for hydroxylation is 1. The zero-order valence-electron chi connectivity index (χ0n) is 14.1. The van der Waals surface area contributed by atoms with Crippen LogP contribution in [0.1, 0.15) is 30.4 Å². The van der Waals surface area contributed by atoms with Crippen LogP contribution in [0, 0.1) is 5.82 Å². The Morgan fingerprint density at radius 3 is 2.54 bits per heavy atom. The quantitative estimate of drug-likeness (QED) is 0.709. The van der Waals surface area contributed by atoms with E-state index in [-0.39, 0.29) is 11.7 Å². The molecular formula is C20H24FNO2. The summed E-state index contributed by atoms with van der Waals surface area (Å²) < 4.78 is 18.1. The number of unbranched alkanes of at least 4 members (excludes halogenated alkanes) is 1. The molecule has 0 spiro atoms. The zero-order valence-corrected chi connectivity index (χ0v) is 14.1. The van der Waals surface area contributed by atoms with Crippen molar-refractivity contribution in [1.82, 2.24) is 5.32 Å². The molecule has 0 heterocycles. The summed E-state index contributed by atoms with van der Waals surface area (Å²) in [7, 11) is 1.65. The van der Waals surface area contributed by atoms with E-state index in [1.807, 2.05) is 24.3 Å². The highest BCUT2D eigenvalue weighted by molar-refractivity contribution is 5.75. The van der Waals surface area contributed by atoms with E-state index in [9.17, 15) is 9.18 Å². The Bertz CT molecular complexity index is 640. The first-order valence-corrected chi connectivity index (χ1v) is 8.32. The summed E-state index contributed by atoms with van der Waals surface area (Å²) >= 11 is 0. The van der Waals surface area contributed by atoms with Gasteiger partial charge in [-0.15, -0.1) is 0 Å². The summed E-state index contributed by atoms with van der Waals surface area (Å²) in [5.74, 6) is 0.711. The lowest BCUT2D eigenvalue weighted by Crippen LogP contribution is -2.25. The first kappa shape index (κ1) is 18.0. The van der Waals surface area contributed by atoms with Crippen LogP contribution in [0.15, 0.2) is 48.5 Å². The number of amides is 1. The summed E-state index contributed by atoms with van der Waals surface area (Å²) in [6.07, 6.45) is 3.90. The molecule has 128 valence electrons. The van der Waals surface area contributed by atoms with Crippen LogP contribution in [0.3, 0.4) is 0 Å². The average Bonchev–Trinajstić information content (AvgIpc) is 2.60. The molecule has 0 unspecified atom stereocenters. The number of hydrogen-bond acceptors (Lipinski definition) is 2. The number of rotatable bonds is 9. The van der Waals surface area contributed by atoms with E-state index in [0.29, 0.717) is 13.0 Å². The second-order valence-corrected chi connectivity index (χ2v) is 5.75. The molecule has 4 heteroatoms. The standard InChI is InChI=1S/C20H24FNO2/c1-24-19-8-4-3-7-17(19)14-15-22-20(23)9-5-2-6-16-10-12-18(21)13-11-16/h3-4,7-8,10-13H,2,5-6,9,14-15H2,1H3,(H,22,23). The van der Waals surface area contributed by atoms with E-state index in [1.54, 1.807) is 19.2 Å². The van der Waals surface area contributed by atoms with Gasteiger partial charge in [-0.1, -0.05) is 30.3 Å². The summed E-state index contributed by atoms with van der Waals surface area (Å²) in [6.45, 7) is 0.608. The molecule has 2 aromatic rings. The molecule has 0 saturated carbocycles. The lowest BCUT2D eigenvalue weighted by atomic mass is 10.1. The van der Waals surface area contributed by atoms with Gasteiger partial charge in [0.1, 0.15) is 11.6 Å². The molecule has 0 saturated heterocycles. The van der Waals surface area contributed by atoms with Crippen LogP contribution in [-0.2, 0) is 17.6 Å². The molecule has 24 heavy (non-hydrogen) atoms. The molecule has 0 atom stereocenters. The summed E-state index contributed by atoms with van der Waals surface area (Å²) in [5.41, 5.74) is 2.20. The van der Waals surface area contributed by atoms with Gasteiger partial charge in [-0.25, -0.2) is 4.39 Å². The van der Waals surface area contributed by atoms with Crippen molar-refractivity contribution in [3.63, 3.8) is 0 Å². The van der Waals surface area contributed by atoms with E-state index in [0.717, 1.165) is 42.6 Å². The predicted octanol–water partition coefficient (Wildman–Crippen LogP) is 3.91. The normalized spacial score (nSPS) is 10.4. The molecule has 0 aliphatic heterocycles. The lowest BCUT2D eigenvalue weighted by Gasteiger charge is -2.09. The number of halogens is 1. The first-order valence-electron chi connectivity index (χ1n) is 8.32. The number of methoxy groups -OCH3 is 1. The van der Waals surface area contributed by atoms with E-state index >= 15 is 0 Å². The van der Waals surface area contributed by atoms with Crippen molar-refractivity contribution in [3.05, 3.63) is 65.5 Å². The van der Waals surface area contributed by atoms with Crippen LogP contribution in [0.5, 0.6) is 5.75 Å². The maximum atomic E-state index is 12.8. The van der Waals surface area contributed by atoms with Crippen molar-refractivity contribution in [3.8, 4) is 5.75 Å². The zero-order chi connectivity index (χ0) is 17.2. The maximum absolute atomic E-state index is 12.8. The van der Waals surface area contributed by atoms with Gasteiger partial charge in [-0.05, 0) is 55.0 Å². The third-order valence-corrected chi connectivity index (χ3v) is 3.94. The summed E-state index contributed by atoms with van der Waals surface area (Å²) in [4.78, 5) is 11.9. The molecule has 0 aromatic heterocycles. The Morgan fingerprint density at radius 2 is 1.79 bits per heavy atom. The van der Waals surface area contributed by atoms with Crippen molar-refractivity contribution in [2.45, 2.75) is 32.1 Å². The number of nitrogens with one attached hydrogen (secondary N) is 1. The van der Waals surface area contributed by atoms with E-state index < -0.39 is 0 Å². The second kappa shape index (κ2) is 9.71. The van der Waals surface area contributed by atoms with E-state index in [4.69, 9.17) is 4.74 Å². The van der Waals surface area contributed by atoms with Crippen molar-refractivity contribution >= 4 is 5.91 Å². The van der Waals surface area contributed by atoms with Crippen LogP contribution in [-0.4, -0.2) is 19.6 Å². The minimum atomic E-state index is -0.215. The van der Waals surface area contributed by atoms with E-state index in [2.05, 4.69) is 5.32 Å². The third-order valence-electron chi connectivity index (χ3n) is 3.94. The van der Waals surface area contributed by atoms with Crippen LogP contribution < -0.4 is 10.1 Å². The Hall–Kier alpha value is -2.36. The van der Waals surface area contributed by atoms with Gasteiger partial charge in [0.2, 0.25) is 5.91 Å². The van der Waals surface area contributed by atoms with Crippen molar-refractivity contribution in [1.29, 1.82) is 0 Å². The topological polar surface area (TPSA) is 38.3 Å². The Labute approximate surface area is 142 Å². The Balaban J connectivity index is 1.60. The molecular weight excluding hydrogens is 305 g/mol. The highest BCUT2D eigenvalue weighted by atomic mass is 19.1. The van der Waals surface area contributed by atoms with Gasteiger partial charge in [0, 0.05) is 13.0 Å². The molecule has 0 radical (unpaired) electrons. The first-order chi connectivity index (χ1) is 11.7. The average molecular weight is 329 g/mol. The summed E-state index contributed by atoms with van der Waals surface area (Å²) in [5, 5.41) is 2.94. The lowest BCUT2D eigenvalue weighted by molar-refractivity contribution is -0.121. The highest BCUT2D eigenvalue weighted by Crippen LogP contribution is 2.17. The molecule has 1 amide bonds. The SMILES string of the molecule is COc1ccccc1CCNC(=O)CCCCc1ccc(F)cc1. The van der Waals surface area contributed by atoms with Crippen LogP contribution in [0.4, 0.5) is 4.39 Å². The van der Waals surface area contributed by atoms with Crippen molar-refractivity contribution in [2.75, 3.05) is 13.7 Å². The smallest absolute Gasteiger partial charge is 0.220 e. The minimum absolute atomic E-state index is 0.0732. The molecule has 3 nitrogen and oxygen atoms in total. The fourth-order valence-electron chi connectivity index (χ4n) is 2.60. The van der Waals surface area contributed by atoms with Gasteiger partial charge < -0.3 is 10.1 Å². The minimum Gasteiger partial charge on any atom is -0.496 e. The van der Waals surface area contributed by atoms with Crippen LogP contribution in [0.2, 0.25) is 0 Å². The second-order valence-electron chi connectivity index (χ2n) is 5.75. The number of hydrogen-bond donors (Lipinski definition) is 1.